The Kier molecular flexibility index (Phi) is 2.97. The summed E-state index contributed by atoms with van der Waals surface area (Å²) < 4.78 is 1.80. The molecule has 0 unspecified atom stereocenters. The minimum Gasteiger partial charge on any atom is -0.304 e. The van der Waals surface area contributed by atoms with Crippen molar-refractivity contribution in [2.45, 2.75) is 6.54 Å². The number of nitrogens with zero attached hydrogens (tertiary/aromatic N) is 2. The van der Waals surface area contributed by atoms with E-state index in [1.165, 1.54) is 0 Å². The molecule has 0 bridgehead atoms. The zero-order valence-electron chi connectivity index (χ0n) is 11.9. The Hall–Kier alpha value is -2.94. The first kappa shape index (κ1) is 12.8. The van der Waals surface area contributed by atoms with E-state index >= 15 is 0 Å². The predicted octanol–water partition coefficient (Wildman–Crippen LogP) is 3.60. The highest BCUT2D eigenvalue weighted by Gasteiger charge is 2.07. The highest BCUT2D eigenvalue weighted by atomic mass is 16.1. The molecule has 0 spiro atoms. The number of pyridine rings is 2. The number of hydrogen-bond acceptors (Lipinski definition) is 2. The lowest BCUT2D eigenvalue weighted by atomic mass is 10.1. The number of hydrogen-bond donors (Lipinski definition) is 0. The minimum atomic E-state index is 0.00614. The molecule has 0 aliphatic heterocycles. The monoisotopic (exact) mass is 286 g/mol. The van der Waals surface area contributed by atoms with E-state index in [0.29, 0.717) is 6.54 Å². The van der Waals surface area contributed by atoms with Crippen molar-refractivity contribution >= 4 is 21.8 Å². The third-order valence-electron chi connectivity index (χ3n) is 3.94. The second kappa shape index (κ2) is 5.11. The molecule has 106 valence electrons. The van der Waals surface area contributed by atoms with Gasteiger partial charge in [0.2, 0.25) is 0 Å². The van der Waals surface area contributed by atoms with Gasteiger partial charge in [0.05, 0.1) is 17.6 Å². The van der Waals surface area contributed by atoms with Gasteiger partial charge in [-0.1, -0.05) is 42.5 Å². The summed E-state index contributed by atoms with van der Waals surface area (Å²) in [6.45, 7) is 0.522. The molecule has 0 aliphatic carbocycles. The highest BCUT2D eigenvalue weighted by molar-refractivity contribution is 5.82. The van der Waals surface area contributed by atoms with E-state index in [0.717, 1.165) is 27.4 Å². The van der Waals surface area contributed by atoms with Gasteiger partial charge in [0.1, 0.15) is 0 Å². The molecule has 4 aromatic rings. The Morgan fingerprint density at radius 3 is 2.59 bits per heavy atom. The fourth-order valence-electron chi connectivity index (χ4n) is 2.87. The van der Waals surface area contributed by atoms with Gasteiger partial charge in [0.25, 0.3) is 5.56 Å². The number of benzene rings is 2. The molecule has 22 heavy (non-hydrogen) atoms. The summed E-state index contributed by atoms with van der Waals surface area (Å²) in [5.74, 6) is 0. The topological polar surface area (TPSA) is 34.9 Å². The second-order valence-electron chi connectivity index (χ2n) is 5.31. The summed E-state index contributed by atoms with van der Waals surface area (Å²) in [5.41, 5.74) is 2.95. The first-order valence-corrected chi connectivity index (χ1v) is 7.24. The van der Waals surface area contributed by atoms with Crippen LogP contribution in [0.4, 0.5) is 0 Å². The summed E-state index contributed by atoms with van der Waals surface area (Å²) in [4.78, 5) is 16.8. The number of para-hydroxylation sites is 2. The standard InChI is InChI=1S/C19H14N2O/c22-18-11-10-14-5-1-2-9-17(14)21(18)13-16-7-3-6-15-8-4-12-20-19(15)16/h1-12H,13H2. The van der Waals surface area contributed by atoms with Gasteiger partial charge in [0, 0.05) is 17.6 Å². The van der Waals surface area contributed by atoms with E-state index in [-0.39, 0.29) is 5.56 Å². The molecular formula is C19H14N2O. The van der Waals surface area contributed by atoms with Crippen LogP contribution in [0, 0.1) is 0 Å². The van der Waals surface area contributed by atoms with Crippen LogP contribution in [0.25, 0.3) is 21.8 Å². The lowest BCUT2D eigenvalue weighted by Crippen LogP contribution is -2.20. The fraction of sp³-hybridized carbons (Fsp3) is 0.0526. The van der Waals surface area contributed by atoms with Crippen molar-refractivity contribution in [3.8, 4) is 0 Å². The van der Waals surface area contributed by atoms with Crippen LogP contribution in [0.3, 0.4) is 0 Å². The molecule has 0 radical (unpaired) electrons. The summed E-state index contributed by atoms with van der Waals surface area (Å²) in [6, 6.07) is 21.5. The quantitative estimate of drug-likeness (QED) is 0.564. The molecule has 0 atom stereocenters. The maximum absolute atomic E-state index is 12.3. The van der Waals surface area contributed by atoms with Gasteiger partial charge in [0.15, 0.2) is 0 Å². The first-order chi connectivity index (χ1) is 10.8. The Labute approximate surface area is 127 Å². The molecule has 3 nitrogen and oxygen atoms in total. The Morgan fingerprint density at radius 2 is 1.64 bits per heavy atom. The first-order valence-electron chi connectivity index (χ1n) is 7.24. The minimum absolute atomic E-state index is 0.00614. The van der Waals surface area contributed by atoms with E-state index in [1.807, 2.05) is 60.7 Å². The van der Waals surface area contributed by atoms with E-state index < -0.39 is 0 Å². The van der Waals surface area contributed by atoms with Crippen LogP contribution >= 0.6 is 0 Å². The number of fused-ring (bicyclic) bond motifs is 2. The van der Waals surface area contributed by atoms with E-state index in [1.54, 1.807) is 16.8 Å². The molecule has 0 saturated carbocycles. The van der Waals surface area contributed by atoms with Crippen LogP contribution < -0.4 is 5.56 Å². The molecule has 4 rings (SSSR count). The smallest absolute Gasteiger partial charge is 0.251 e. The Balaban J connectivity index is 1.93. The molecule has 2 aromatic heterocycles. The zero-order valence-corrected chi connectivity index (χ0v) is 11.9. The van der Waals surface area contributed by atoms with Crippen LogP contribution in [-0.2, 0) is 6.54 Å². The molecule has 2 heterocycles. The Morgan fingerprint density at radius 1 is 0.818 bits per heavy atom. The molecule has 0 N–H and O–H groups in total. The van der Waals surface area contributed by atoms with E-state index in [2.05, 4.69) is 4.98 Å². The molecule has 3 heteroatoms. The predicted molar refractivity (Wildman–Crippen MR) is 89.1 cm³/mol. The van der Waals surface area contributed by atoms with Crippen molar-refractivity contribution < 1.29 is 0 Å². The van der Waals surface area contributed by atoms with Gasteiger partial charge in [-0.2, -0.15) is 0 Å². The van der Waals surface area contributed by atoms with E-state index in [4.69, 9.17) is 0 Å². The van der Waals surface area contributed by atoms with Crippen molar-refractivity contribution in [3.05, 3.63) is 88.8 Å². The van der Waals surface area contributed by atoms with E-state index in [9.17, 15) is 4.79 Å². The number of aromatic nitrogens is 2. The third kappa shape index (κ3) is 2.07. The molecule has 0 saturated heterocycles. The van der Waals surface area contributed by atoms with Crippen LogP contribution in [0.15, 0.2) is 77.7 Å². The van der Waals surface area contributed by atoms with Crippen molar-refractivity contribution in [1.29, 1.82) is 0 Å². The van der Waals surface area contributed by atoms with Crippen molar-refractivity contribution in [1.82, 2.24) is 9.55 Å². The maximum Gasteiger partial charge on any atom is 0.251 e. The van der Waals surface area contributed by atoms with Crippen LogP contribution in [0.5, 0.6) is 0 Å². The molecular weight excluding hydrogens is 272 g/mol. The summed E-state index contributed by atoms with van der Waals surface area (Å²) in [5, 5.41) is 2.16. The number of rotatable bonds is 2. The summed E-state index contributed by atoms with van der Waals surface area (Å²) in [7, 11) is 0. The second-order valence-corrected chi connectivity index (χ2v) is 5.31. The largest absolute Gasteiger partial charge is 0.304 e. The van der Waals surface area contributed by atoms with Crippen molar-refractivity contribution in [2.24, 2.45) is 0 Å². The van der Waals surface area contributed by atoms with Gasteiger partial charge < -0.3 is 4.57 Å². The lowest BCUT2D eigenvalue weighted by molar-refractivity contribution is 0.798. The summed E-state index contributed by atoms with van der Waals surface area (Å²) >= 11 is 0. The maximum atomic E-state index is 12.3. The van der Waals surface area contributed by atoms with Gasteiger partial charge in [-0.15, -0.1) is 0 Å². The van der Waals surface area contributed by atoms with Gasteiger partial charge in [-0.25, -0.2) is 0 Å². The van der Waals surface area contributed by atoms with Gasteiger partial charge in [-0.05, 0) is 29.1 Å². The average Bonchev–Trinajstić information content (AvgIpc) is 2.58. The average molecular weight is 286 g/mol. The Bertz CT molecular complexity index is 1030. The van der Waals surface area contributed by atoms with Gasteiger partial charge in [-0.3, -0.25) is 9.78 Å². The SMILES string of the molecule is O=c1ccc2ccccc2n1Cc1cccc2cccnc12. The van der Waals surface area contributed by atoms with Crippen molar-refractivity contribution in [2.75, 3.05) is 0 Å². The molecule has 0 aliphatic rings. The van der Waals surface area contributed by atoms with Crippen molar-refractivity contribution in [3.63, 3.8) is 0 Å². The van der Waals surface area contributed by atoms with Crippen LogP contribution in [0.2, 0.25) is 0 Å². The zero-order chi connectivity index (χ0) is 14.9. The van der Waals surface area contributed by atoms with Crippen LogP contribution in [0.1, 0.15) is 5.56 Å². The highest BCUT2D eigenvalue weighted by Crippen LogP contribution is 2.18. The molecule has 2 aromatic carbocycles. The van der Waals surface area contributed by atoms with Gasteiger partial charge >= 0.3 is 0 Å². The lowest BCUT2D eigenvalue weighted by Gasteiger charge is -2.11. The molecule has 0 fully saturated rings. The third-order valence-corrected chi connectivity index (χ3v) is 3.94. The molecule has 0 amide bonds. The van der Waals surface area contributed by atoms with Crippen LogP contribution in [-0.4, -0.2) is 9.55 Å². The normalized spacial score (nSPS) is 11.1. The summed E-state index contributed by atoms with van der Waals surface area (Å²) in [6.07, 6.45) is 1.79. The fourth-order valence-corrected chi connectivity index (χ4v) is 2.87.